The predicted molar refractivity (Wildman–Crippen MR) is 75.0 cm³/mol. The molecule has 0 aromatic carbocycles. The highest BCUT2D eigenvalue weighted by Crippen LogP contribution is 2.20. The van der Waals surface area contributed by atoms with Crippen LogP contribution in [0, 0.1) is 0 Å². The summed E-state index contributed by atoms with van der Waals surface area (Å²) in [5.41, 5.74) is 1.17. The van der Waals surface area contributed by atoms with Crippen LogP contribution in [0.5, 0.6) is 0 Å². The van der Waals surface area contributed by atoms with Gasteiger partial charge in [0.25, 0.3) is 0 Å². The van der Waals surface area contributed by atoms with Crippen molar-refractivity contribution in [2.24, 2.45) is 0 Å². The Balaban J connectivity index is 1.85. The van der Waals surface area contributed by atoms with E-state index in [1.807, 2.05) is 16.8 Å². The van der Waals surface area contributed by atoms with Gasteiger partial charge in [-0.3, -0.25) is 0 Å². The van der Waals surface area contributed by atoms with Gasteiger partial charge >= 0.3 is 12.0 Å². The van der Waals surface area contributed by atoms with Crippen LogP contribution in [0.2, 0.25) is 0 Å². The van der Waals surface area contributed by atoms with Gasteiger partial charge in [0.1, 0.15) is 6.04 Å². The summed E-state index contributed by atoms with van der Waals surface area (Å²) in [4.78, 5) is 24.5. The smallest absolute Gasteiger partial charge is 0.326 e. The van der Waals surface area contributed by atoms with E-state index in [-0.39, 0.29) is 12.1 Å². The minimum absolute atomic E-state index is 0.210. The fourth-order valence-electron chi connectivity index (χ4n) is 2.28. The van der Waals surface area contributed by atoms with Gasteiger partial charge in [0.05, 0.1) is 6.10 Å². The standard InChI is InChI=1S/C13H18N2O4S/c1-19-10-6-11(12(16)17)15(7-10)13(18)14-4-2-9-3-5-20-8-9/h3,5,8,10-11H,2,4,6-7H2,1H3,(H,14,18)(H,16,17). The second-order valence-electron chi connectivity index (χ2n) is 4.71. The Kier molecular flexibility index (Phi) is 4.97. The number of thiophene rings is 1. The first-order valence-electron chi connectivity index (χ1n) is 6.43. The van der Waals surface area contributed by atoms with E-state index in [0.29, 0.717) is 19.5 Å². The molecule has 1 saturated heterocycles. The highest BCUT2D eigenvalue weighted by molar-refractivity contribution is 7.07. The number of likely N-dealkylation sites (tertiary alicyclic amines) is 1. The van der Waals surface area contributed by atoms with Crippen molar-refractivity contribution in [2.75, 3.05) is 20.2 Å². The maximum atomic E-state index is 12.0. The van der Waals surface area contributed by atoms with Crippen molar-refractivity contribution in [3.05, 3.63) is 22.4 Å². The van der Waals surface area contributed by atoms with E-state index < -0.39 is 12.0 Å². The lowest BCUT2D eigenvalue weighted by atomic mass is 10.2. The average Bonchev–Trinajstić information content (AvgIpc) is 3.07. The maximum absolute atomic E-state index is 12.0. The molecule has 20 heavy (non-hydrogen) atoms. The fraction of sp³-hybridized carbons (Fsp3) is 0.538. The summed E-state index contributed by atoms with van der Waals surface area (Å²) < 4.78 is 5.15. The third kappa shape index (κ3) is 3.49. The molecule has 0 bridgehead atoms. The van der Waals surface area contributed by atoms with E-state index in [9.17, 15) is 9.59 Å². The number of nitrogens with zero attached hydrogens (tertiary/aromatic N) is 1. The van der Waals surface area contributed by atoms with Crippen LogP contribution in [-0.4, -0.2) is 54.4 Å². The van der Waals surface area contributed by atoms with Crippen LogP contribution in [0.4, 0.5) is 4.79 Å². The van der Waals surface area contributed by atoms with Gasteiger partial charge in [-0.2, -0.15) is 11.3 Å². The number of hydrogen-bond donors (Lipinski definition) is 2. The van der Waals surface area contributed by atoms with Crippen molar-refractivity contribution >= 4 is 23.3 Å². The lowest BCUT2D eigenvalue weighted by Crippen LogP contribution is -2.46. The lowest BCUT2D eigenvalue weighted by molar-refractivity contribution is -0.141. The Labute approximate surface area is 121 Å². The molecule has 2 heterocycles. The first-order valence-corrected chi connectivity index (χ1v) is 7.37. The van der Waals surface area contributed by atoms with Crippen LogP contribution >= 0.6 is 11.3 Å². The number of carboxylic acids is 1. The van der Waals surface area contributed by atoms with Gasteiger partial charge < -0.3 is 20.1 Å². The van der Waals surface area contributed by atoms with Crippen LogP contribution in [0.3, 0.4) is 0 Å². The van der Waals surface area contributed by atoms with Crippen LogP contribution < -0.4 is 5.32 Å². The highest BCUT2D eigenvalue weighted by Gasteiger charge is 2.39. The monoisotopic (exact) mass is 298 g/mol. The molecule has 0 saturated carbocycles. The number of hydrogen-bond acceptors (Lipinski definition) is 4. The molecule has 2 unspecified atom stereocenters. The molecule has 1 aliphatic heterocycles. The number of amides is 2. The second kappa shape index (κ2) is 6.71. The number of carbonyl (C=O) groups excluding carboxylic acids is 1. The minimum atomic E-state index is -0.988. The van der Waals surface area contributed by atoms with E-state index in [1.165, 1.54) is 17.6 Å². The van der Waals surface area contributed by atoms with Gasteiger partial charge in [0, 0.05) is 26.6 Å². The third-order valence-electron chi connectivity index (χ3n) is 3.41. The van der Waals surface area contributed by atoms with Gasteiger partial charge in [-0.15, -0.1) is 0 Å². The number of rotatable bonds is 5. The molecule has 1 aliphatic rings. The van der Waals surface area contributed by atoms with Gasteiger partial charge in [0.2, 0.25) is 0 Å². The third-order valence-corrected chi connectivity index (χ3v) is 4.14. The number of nitrogens with one attached hydrogen (secondary N) is 1. The molecule has 1 aromatic rings. The van der Waals surface area contributed by atoms with E-state index in [1.54, 1.807) is 11.3 Å². The Morgan fingerprint density at radius 1 is 1.60 bits per heavy atom. The molecular formula is C13H18N2O4S. The molecule has 2 rings (SSSR count). The minimum Gasteiger partial charge on any atom is -0.480 e. The van der Waals surface area contributed by atoms with Crippen molar-refractivity contribution in [3.8, 4) is 0 Å². The SMILES string of the molecule is COC1CC(C(=O)O)N(C(=O)NCCc2ccsc2)C1. The Hall–Kier alpha value is -1.60. The van der Waals surface area contributed by atoms with Gasteiger partial charge in [-0.25, -0.2) is 9.59 Å². The van der Waals surface area contributed by atoms with Crippen molar-refractivity contribution < 1.29 is 19.4 Å². The molecule has 1 fully saturated rings. The van der Waals surface area contributed by atoms with E-state index in [2.05, 4.69) is 5.32 Å². The van der Waals surface area contributed by atoms with Gasteiger partial charge in [-0.1, -0.05) is 0 Å². The highest BCUT2D eigenvalue weighted by atomic mass is 32.1. The molecule has 2 atom stereocenters. The average molecular weight is 298 g/mol. The van der Waals surface area contributed by atoms with Crippen LogP contribution in [-0.2, 0) is 16.0 Å². The summed E-state index contributed by atoms with van der Waals surface area (Å²) >= 11 is 1.61. The first kappa shape index (κ1) is 14.8. The number of carbonyl (C=O) groups is 2. The van der Waals surface area contributed by atoms with Crippen molar-refractivity contribution in [1.82, 2.24) is 10.2 Å². The van der Waals surface area contributed by atoms with Crippen molar-refractivity contribution in [1.29, 1.82) is 0 Å². The Bertz CT molecular complexity index is 463. The Morgan fingerprint density at radius 2 is 2.40 bits per heavy atom. The number of carboxylic acid groups (broad SMARTS) is 1. The normalized spacial score (nSPS) is 21.9. The quantitative estimate of drug-likeness (QED) is 0.855. The zero-order valence-electron chi connectivity index (χ0n) is 11.2. The summed E-state index contributed by atoms with van der Waals surface area (Å²) in [6.07, 6.45) is 0.872. The molecule has 6 nitrogen and oxygen atoms in total. The summed E-state index contributed by atoms with van der Waals surface area (Å²) in [5, 5.41) is 15.9. The van der Waals surface area contributed by atoms with Crippen LogP contribution in [0.15, 0.2) is 16.8 Å². The molecule has 110 valence electrons. The number of aliphatic carboxylic acids is 1. The van der Waals surface area contributed by atoms with Gasteiger partial charge in [-0.05, 0) is 28.8 Å². The van der Waals surface area contributed by atoms with E-state index in [4.69, 9.17) is 9.84 Å². The number of urea groups is 1. The van der Waals surface area contributed by atoms with E-state index >= 15 is 0 Å². The predicted octanol–water partition coefficient (Wildman–Crippen LogP) is 1.17. The maximum Gasteiger partial charge on any atom is 0.326 e. The second-order valence-corrected chi connectivity index (χ2v) is 5.49. The van der Waals surface area contributed by atoms with Crippen molar-refractivity contribution in [3.63, 3.8) is 0 Å². The van der Waals surface area contributed by atoms with Crippen LogP contribution in [0.25, 0.3) is 0 Å². The lowest BCUT2D eigenvalue weighted by Gasteiger charge is -2.21. The summed E-state index contributed by atoms with van der Waals surface area (Å²) in [6, 6.07) is 0.863. The van der Waals surface area contributed by atoms with E-state index in [0.717, 1.165) is 6.42 Å². The molecule has 0 aliphatic carbocycles. The number of ether oxygens (including phenoxy) is 1. The van der Waals surface area contributed by atoms with Crippen LogP contribution in [0.1, 0.15) is 12.0 Å². The fourth-order valence-corrected chi connectivity index (χ4v) is 2.98. The molecule has 2 N–H and O–H groups in total. The molecule has 0 radical (unpaired) electrons. The zero-order chi connectivity index (χ0) is 14.5. The summed E-state index contributed by atoms with van der Waals surface area (Å²) in [6.45, 7) is 0.813. The first-order chi connectivity index (χ1) is 9.61. The largest absolute Gasteiger partial charge is 0.480 e. The zero-order valence-corrected chi connectivity index (χ0v) is 12.1. The van der Waals surface area contributed by atoms with Gasteiger partial charge in [0.15, 0.2) is 0 Å². The summed E-state index contributed by atoms with van der Waals surface area (Å²) in [5.74, 6) is -0.988. The Morgan fingerprint density at radius 3 is 3.00 bits per heavy atom. The molecule has 7 heteroatoms. The topological polar surface area (TPSA) is 78.9 Å². The summed E-state index contributed by atoms with van der Waals surface area (Å²) in [7, 11) is 1.53. The molecule has 1 aromatic heterocycles. The molecule has 0 spiro atoms. The number of methoxy groups -OCH3 is 1. The van der Waals surface area contributed by atoms with Crippen molar-refractivity contribution in [2.45, 2.75) is 25.0 Å². The molecular weight excluding hydrogens is 280 g/mol. The molecule has 2 amide bonds.